The predicted octanol–water partition coefficient (Wildman–Crippen LogP) is 3.99. The normalized spacial score (nSPS) is 23.6. The highest BCUT2D eigenvalue weighted by Crippen LogP contribution is 2.37. The molecule has 1 aliphatic heterocycles. The van der Waals surface area contributed by atoms with Gasteiger partial charge in [0.05, 0.1) is 24.0 Å². The summed E-state index contributed by atoms with van der Waals surface area (Å²) in [6.45, 7) is 0.715. The molecule has 1 unspecified atom stereocenters. The predicted molar refractivity (Wildman–Crippen MR) is 117 cm³/mol. The SMILES string of the molecule is O=C(N[C@H]1CC[C@H](O)CC1)c1cnc2ccc(N3CCCC3c3cc(F)ccc3F)cn12. The van der Waals surface area contributed by atoms with Gasteiger partial charge in [-0.1, -0.05) is 0 Å². The van der Waals surface area contributed by atoms with Gasteiger partial charge >= 0.3 is 0 Å². The number of aliphatic hydroxyl groups excluding tert-OH is 1. The van der Waals surface area contributed by atoms with E-state index in [9.17, 15) is 18.7 Å². The fraction of sp³-hybridized carbons (Fsp3) is 0.417. The van der Waals surface area contributed by atoms with Gasteiger partial charge < -0.3 is 15.3 Å². The summed E-state index contributed by atoms with van der Waals surface area (Å²) in [5.41, 5.74) is 2.26. The van der Waals surface area contributed by atoms with Crippen LogP contribution in [0.15, 0.2) is 42.7 Å². The van der Waals surface area contributed by atoms with Crippen molar-refractivity contribution in [1.82, 2.24) is 14.7 Å². The summed E-state index contributed by atoms with van der Waals surface area (Å²) >= 11 is 0. The van der Waals surface area contributed by atoms with Gasteiger partial charge in [-0.25, -0.2) is 13.8 Å². The summed E-state index contributed by atoms with van der Waals surface area (Å²) in [4.78, 5) is 19.3. The van der Waals surface area contributed by atoms with Gasteiger partial charge in [0.15, 0.2) is 0 Å². The minimum atomic E-state index is -0.451. The number of imidazole rings is 1. The van der Waals surface area contributed by atoms with Crippen LogP contribution in [0.2, 0.25) is 0 Å². The third-order valence-corrected chi connectivity index (χ3v) is 6.66. The number of anilines is 1. The van der Waals surface area contributed by atoms with Crippen LogP contribution in [0.3, 0.4) is 0 Å². The molecule has 1 saturated carbocycles. The Morgan fingerprint density at radius 3 is 2.72 bits per heavy atom. The van der Waals surface area contributed by atoms with Crippen LogP contribution in [0.5, 0.6) is 0 Å². The first kappa shape index (κ1) is 20.9. The monoisotopic (exact) mass is 440 g/mol. The molecule has 168 valence electrons. The van der Waals surface area contributed by atoms with E-state index in [0.29, 0.717) is 36.3 Å². The van der Waals surface area contributed by atoms with E-state index < -0.39 is 11.6 Å². The number of carbonyl (C=O) groups excluding carboxylic acids is 1. The largest absolute Gasteiger partial charge is 0.393 e. The molecule has 2 aliphatic rings. The van der Waals surface area contributed by atoms with Crippen molar-refractivity contribution in [2.45, 2.75) is 56.7 Å². The molecule has 0 bridgehead atoms. The van der Waals surface area contributed by atoms with E-state index in [4.69, 9.17) is 0 Å². The number of pyridine rings is 1. The zero-order valence-corrected chi connectivity index (χ0v) is 17.7. The summed E-state index contributed by atoms with van der Waals surface area (Å²) in [7, 11) is 0. The summed E-state index contributed by atoms with van der Waals surface area (Å²) in [6.07, 6.45) is 7.60. The third-order valence-electron chi connectivity index (χ3n) is 6.66. The quantitative estimate of drug-likeness (QED) is 0.644. The van der Waals surface area contributed by atoms with E-state index >= 15 is 0 Å². The van der Waals surface area contributed by atoms with Gasteiger partial charge in [0, 0.05) is 24.3 Å². The van der Waals surface area contributed by atoms with Crippen molar-refractivity contribution in [3.8, 4) is 0 Å². The molecule has 3 heterocycles. The van der Waals surface area contributed by atoms with E-state index in [-0.39, 0.29) is 24.1 Å². The van der Waals surface area contributed by atoms with E-state index in [0.717, 1.165) is 37.4 Å². The number of halogens is 2. The number of benzene rings is 1. The van der Waals surface area contributed by atoms with Crippen molar-refractivity contribution in [2.75, 3.05) is 11.4 Å². The highest BCUT2D eigenvalue weighted by Gasteiger charge is 2.29. The molecule has 32 heavy (non-hydrogen) atoms. The Bertz CT molecular complexity index is 1140. The number of fused-ring (bicyclic) bond motifs is 1. The molecule has 1 atom stereocenters. The van der Waals surface area contributed by atoms with Crippen molar-refractivity contribution in [2.24, 2.45) is 0 Å². The maximum Gasteiger partial charge on any atom is 0.270 e. The number of amides is 1. The molecule has 2 fully saturated rings. The number of nitrogens with zero attached hydrogens (tertiary/aromatic N) is 3. The number of carbonyl (C=O) groups is 1. The van der Waals surface area contributed by atoms with E-state index in [2.05, 4.69) is 15.2 Å². The van der Waals surface area contributed by atoms with Crippen LogP contribution in [0, 0.1) is 11.6 Å². The van der Waals surface area contributed by atoms with Gasteiger partial charge in [-0.15, -0.1) is 0 Å². The standard InChI is InChI=1S/C24H26F2N4O2/c25-15-3-9-20(26)19(12-15)21-2-1-11-29(21)17-6-10-23-27-13-22(30(23)14-17)24(32)28-16-4-7-18(31)8-5-16/h3,6,9-10,12-14,16,18,21,31H,1-2,4-5,7-8,11H2,(H,28,32)/t16-,18-,21?. The first-order chi connectivity index (χ1) is 15.5. The highest BCUT2D eigenvalue weighted by atomic mass is 19.1. The number of nitrogens with one attached hydrogen (secondary N) is 1. The van der Waals surface area contributed by atoms with Gasteiger partial charge in [-0.2, -0.15) is 0 Å². The summed E-state index contributed by atoms with van der Waals surface area (Å²) < 4.78 is 30.0. The van der Waals surface area contributed by atoms with E-state index in [1.165, 1.54) is 12.1 Å². The van der Waals surface area contributed by atoms with Gasteiger partial charge in [0.25, 0.3) is 5.91 Å². The first-order valence-corrected chi connectivity index (χ1v) is 11.2. The van der Waals surface area contributed by atoms with Gasteiger partial charge in [-0.3, -0.25) is 9.20 Å². The lowest BCUT2D eigenvalue weighted by atomic mass is 9.93. The third kappa shape index (κ3) is 3.95. The van der Waals surface area contributed by atoms with Gasteiger partial charge in [0.2, 0.25) is 0 Å². The molecule has 2 aromatic heterocycles. The lowest BCUT2D eigenvalue weighted by Gasteiger charge is -2.28. The lowest BCUT2D eigenvalue weighted by Crippen LogP contribution is -2.39. The molecule has 1 amide bonds. The zero-order valence-electron chi connectivity index (χ0n) is 17.7. The van der Waals surface area contributed by atoms with E-state index in [1.54, 1.807) is 10.6 Å². The van der Waals surface area contributed by atoms with Crippen molar-refractivity contribution in [3.63, 3.8) is 0 Å². The second-order valence-electron chi connectivity index (χ2n) is 8.76. The first-order valence-electron chi connectivity index (χ1n) is 11.2. The Morgan fingerprint density at radius 1 is 1.09 bits per heavy atom. The number of hydrogen-bond donors (Lipinski definition) is 2. The Hall–Kier alpha value is -3.00. The van der Waals surface area contributed by atoms with Gasteiger partial charge in [-0.05, 0) is 68.9 Å². The maximum atomic E-state index is 14.5. The van der Waals surface area contributed by atoms with Crippen LogP contribution in [0.25, 0.3) is 5.65 Å². The summed E-state index contributed by atoms with van der Waals surface area (Å²) in [6, 6.07) is 7.09. The molecule has 3 aromatic rings. The fourth-order valence-electron chi connectivity index (χ4n) is 4.96. The molecular weight excluding hydrogens is 414 g/mol. The molecule has 8 heteroatoms. The van der Waals surface area contributed by atoms with Crippen molar-refractivity contribution < 1.29 is 18.7 Å². The van der Waals surface area contributed by atoms with Crippen LogP contribution in [-0.4, -0.2) is 39.1 Å². The molecule has 0 spiro atoms. The zero-order chi connectivity index (χ0) is 22.2. The van der Waals surface area contributed by atoms with Crippen LogP contribution in [0.4, 0.5) is 14.5 Å². The molecular formula is C24H26F2N4O2. The molecule has 1 aromatic carbocycles. The second-order valence-corrected chi connectivity index (χ2v) is 8.76. The topological polar surface area (TPSA) is 69.9 Å². The Balaban J connectivity index is 1.42. The number of aromatic nitrogens is 2. The second kappa shape index (κ2) is 8.50. The number of rotatable bonds is 4. The van der Waals surface area contributed by atoms with Crippen LogP contribution < -0.4 is 10.2 Å². The molecule has 1 aliphatic carbocycles. The van der Waals surface area contributed by atoms with Gasteiger partial charge in [0.1, 0.15) is 23.0 Å². The Kier molecular flexibility index (Phi) is 5.55. The number of aliphatic hydroxyl groups is 1. The van der Waals surface area contributed by atoms with E-state index in [1.807, 2.05) is 18.3 Å². The fourth-order valence-corrected chi connectivity index (χ4v) is 4.96. The molecule has 1 saturated heterocycles. The van der Waals surface area contributed by atoms with Crippen molar-refractivity contribution in [1.29, 1.82) is 0 Å². The molecule has 2 N–H and O–H groups in total. The van der Waals surface area contributed by atoms with Crippen LogP contribution in [0.1, 0.15) is 60.6 Å². The Morgan fingerprint density at radius 2 is 1.91 bits per heavy atom. The Labute approximate surface area is 184 Å². The summed E-state index contributed by atoms with van der Waals surface area (Å²) in [5.74, 6) is -1.07. The maximum absolute atomic E-state index is 14.5. The summed E-state index contributed by atoms with van der Waals surface area (Å²) in [5, 5.41) is 12.7. The van der Waals surface area contributed by atoms with Crippen LogP contribution >= 0.6 is 0 Å². The van der Waals surface area contributed by atoms with Crippen LogP contribution in [-0.2, 0) is 0 Å². The molecule has 6 nitrogen and oxygen atoms in total. The molecule has 0 radical (unpaired) electrons. The number of hydrogen-bond acceptors (Lipinski definition) is 4. The minimum absolute atomic E-state index is 0.0403. The van der Waals surface area contributed by atoms with Crippen molar-refractivity contribution >= 4 is 17.2 Å². The van der Waals surface area contributed by atoms with Crippen molar-refractivity contribution in [3.05, 3.63) is 65.6 Å². The minimum Gasteiger partial charge on any atom is -0.393 e. The molecule has 5 rings (SSSR count). The average molecular weight is 440 g/mol. The average Bonchev–Trinajstić information content (AvgIpc) is 3.43. The lowest BCUT2D eigenvalue weighted by molar-refractivity contribution is 0.0862. The smallest absolute Gasteiger partial charge is 0.270 e. The highest BCUT2D eigenvalue weighted by molar-refractivity contribution is 5.93.